The third-order valence-electron chi connectivity index (χ3n) is 1.65. The molecule has 0 fully saturated rings. The Morgan fingerprint density at radius 2 is 1.15 bits per heavy atom. The molecule has 1 rings (SSSR count). The molecule has 0 unspecified atom stereocenters. The maximum absolute atomic E-state index is 12.6. The highest BCUT2D eigenvalue weighted by molar-refractivity contribution is 5.27. The molecule has 74 valence electrons. The van der Waals surface area contributed by atoms with Gasteiger partial charge in [-0.3, -0.25) is 0 Å². The van der Waals surface area contributed by atoms with Gasteiger partial charge in [0.25, 0.3) is 0 Å². The van der Waals surface area contributed by atoms with E-state index in [2.05, 4.69) is 13.8 Å². The van der Waals surface area contributed by atoms with Crippen LogP contribution in [0.1, 0.15) is 31.4 Å². The number of hydrogen-bond donors (Lipinski definition) is 0. The second kappa shape index (κ2) is 5.68. The summed E-state index contributed by atoms with van der Waals surface area (Å²) in [6.45, 7) is 7.38. The molecule has 1 aromatic rings. The predicted octanol–water partition coefficient (Wildman–Crippen LogP) is 4.00. The SMILES string of the molecule is CCC.Cc1c(F)ccc(F)c1C. The molecule has 0 N–H and O–H groups in total. The Labute approximate surface area is 78.6 Å². The van der Waals surface area contributed by atoms with Crippen LogP contribution in [0.25, 0.3) is 0 Å². The zero-order valence-electron chi connectivity index (χ0n) is 8.62. The van der Waals surface area contributed by atoms with Gasteiger partial charge in [0.05, 0.1) is 0 Å². The van der Waals surface area contributed by atoms with Gasteiger partial charge in [-0.25, -0.2) is 8.78 Å². The van der Waals surface area contributed by atoms with Gasteiger partial charge < -0.3 is 0 Å². The highest BCUT2D eigenvalue weighted by Gasteiger charge is 2.03. The highest BCUT2D eigenvalue weighted by atomic mass is 19.1. The summed E-state index contributed by atoms with van der Waals surface area (Å²) in [5.41, 5.74) is 0.778. The van der Waals surface area contributed by atoms with Crippen molar-refractivity contribution >= 4 is 0 Å². The predicted molar refractivity (Wildman–Crippen MR) is 51.8 cm³/mol. The molecule has 13 heavy (non-hydrogen) atoms. The van der Waals surface area contributed by atoms with Crippen molar-refractivity contribution in [2.45, 2.75) is 34.1 Å². The number of benzene rings is 1. The van der Waals surface area contributed by atoms with Crippen molar-refractivity contribution in [3.8, 4) is 0 Å². The largest absolute Gasteiger partial charge is 0.207 e. The van der Waals surface area contributed by atoms with Crippen LogP contribution < -0.4 is 0 Å². The first-order valence-electron chi connectivity index (χ1n) is 4.45. The normalized spacial score (nSPS) is 9.08. The summed E-state index contributed by atoms with van der Waals surface area (Å²) in [5.74, 6) is -0.696. The molecule has 0 atom stereocenters. The molecule has 0 aliphatic heterocycles. The minimum Gasteiger partial charge on any atom is -0.207 e. The second-order valence-corrected chi connectivity index (χ2v) is 2.99. The first kappa shape index (κ1) is 12.1. The lowest BCUT2D eigenvalue weighted by Gasteiger charge is -2.00. The second-order valence-electron chi connectivity index (χ2n) is 2.99. The lowest BCUT2D eigenvalue weighted by atomic mass is 10.1. The summed E-state index contributed by atoms with van der Waals surface area (Å²) in [4.78, 5) is 0. The molecule has 1 aromatic carbocycles. The van der Waals surface area contributed by atoms with Crippen molar-refractivity contribution in [2.75, 3.05) is 0 Å². The van der Waals surface area contributed by atoms with Gasteiger partial charge in [0, 0.05) is 0 Å². The Hall–Kier alpha value is -0.920. The van der Waals surface area contributed by atoms with Gasteiger partial charge in [-0.05, 0) is 37.1 Å². The Morgan fingerprint density at radius 1 is 0.923 bits per heavy atom. The Kier molecular flexibility index (Phi) is 5.28. The minimum absolute atomic E-state index is 0.348. The molecular weight excluding hydrogens is 170 g/mol. The van der Waals surface area contributed by atoms with Crippen LogP contribution in [0.2, 0.25) is 0 Å². The minimum atomic E-state index is -0.348. The summed E-state index contributed by atoms with van der Waals surface area (Å²) in [6, 6.07) is 2.27. The molecule has 2 heteroatoms. The van der Waals surface area contributed by atoms with E-state index in [4.69, 9.17) is 0 Å². The summed E-state index contributed by atoms with van der Waals surface area (Å²) >= 11 is 0. The van der Waals surface area contributed by atoms with Gasteiger partial charge in [0.15, 0.2) is 0 Å². The van der Waals surface area contributed by atoms with E-state index in [1.54, 1.807) is 13.8 Å². The van der Waals surface area contributed by atoms with Crippen LogP contribution in [0.5, 0.6) is 0 Å². The van der Waals surface area contributed by atoms with Crippen molar-refractivity contribution in [1.82, 2.24) is 0 Å². The summed E-state index contributed by atoms with van der Waals surface area (Å²) in [7, 11) is 0. The van der Waals surface area contributed by atoms with Crippen molar-refractivity contribution in [1.29, 1.82) is 0 Å². The Bertz CT molecular complexity index is 240. The van der Waals surface area contributed by atoms with Gasteiger partial charge >= 0.3 is 0 Å². The molecule has 0 radical (unpaired) electrons. The third kappa shape index (κ3) is 3.53. The summed E-state index contributed by atoms with van der Waals surface area (Å²) in [5, 5.41) is 0. The Balaban J connectivity index is 0.000000424. The quantitative estimate of drug-likeness (QED) is 0.574. The number of halogens is 2. The topological polar surface area (TPSA) is 0 Å². The molecule has 0 aliphatic rings. The average Bonchev–Trinajstić information content (AvgIpc) is 2.10. The molecule has 0 nitrogen and oxygen atoms in total. The standard InChI is InChI=1S/C8H8F2.C3H8/c1-5-6(2)8(10)4-3-7(5)9;1-3-2/h3-4H,1-2H3;3H2,1-2H3. The number of rotatable bonds is 0. The van der Waals surface area contributed by atoms with Gasteiger partial charge in [-0.2, -0.15) is 0 Å². The van der Waals surface area contributed by atoms with Crippen LogP contribution in [0.3, 0.4) is 0 Å². The van der Waals surface area contributed by atoms with Crippen LogP contribution in [0, 0.1) is 25.5 Å². The van der Waals surface area contributed by atoms with E-state index >= 15 is 0 Å². The lowest BCUT2D eigenvalue weighted by molar-refractivity contribution is 0.584. The fraction of sp³-hybridized carbons (Fsp3) is 0.455. The van der Waals surface area contributed by atoms with E-state index in [1.807, 2.05) is 0 Å². The van der Waals surface area contributed by atoms with Crippen LogP contribution in [-0.2, 0) is 0 Å². The molecule has 0 amide bonds. The molecule has 0 spiro atoms. The maximum Gasteiger partial charge on any atom is 0.126 e. The fourth-order valence-corrected chi connectivity index (χ4v) is 0.755. The average molecular weight is 186 g/mol. The van der Waals surface area contributed by atoms with Crippen LogP contribution in [0.4, 0.5) is 8.78 Å². The van der Waals surface area contributed by atoms with Crippen LogP contribution in [-0.4, -0.2) is 0 Å². The van der Waals surface area contributed by atoms with Crippen LogP contribution >= 0.6 is 0 Å². The van der Waals surface area contributed by atoms with E-state index in [9.17, 15) is 8.78 Å². The van der Waals surface area contributed by atoms with E-state index in [1.165, 1.54) is 6.42 Å². The molecule has 0 aromatic heterocycles. The van der Waals surface area contributed by atoms with Crippen molar-refractivity contribution in [3.05, 3.63) is 34.9 Å². The highest BCUT2D eigenvalue weighted by Crippen LogP contribution is 2.14. The van der Waals surface area contributed by atoms with E-state index in [0.717, 1.165) is 12.1 Å². The maximum atomic E-state index is 12.6. The first-order valence-corrected chi connectivity index (χ1v) is 4.45. The van der Waals surface area contributed by atoms with Gasteiger partial charge in [-0.15, -0.1) is 0 Å². The van der Waals surface area contributed by atoms with E-state index in [-0.39, 0.29) is 11.6 Å². The van der Waals surface area contributed by atoms with Crippen molar-refractivity contribution < 1.29 is 8.78 Å². The zero-order valence-corrected chi connectivity index (χ0v) is 8.62. The summed E-state index contributed by atoms with van der Waals surface area (Å²) in [6.07, 6.45) is 1.25. The molecule has 0 bridgehead atoms. The van der Waals surface area contributed by atoms with Gasteiger partial charge in [-0.1, -0.05) is 20.3 Å². The third-order valence-corrected chi connectivity index (χ3v) is 1.65. The van der Waals surface area contributed by atoms with Gasteiger partial charge in [0.2, 0.25) is 0 Å². The monoisotopic (exact) mass is 186 g/mol. The van der Waals surface area contributed by atoms with Crippen LogP contribution in [0.15, 0.2) is 12.1 Å². The molecule has 0 heterocycles. The van der Waals surface area contributed by atoms with E-state index in [0.29, 0.717) is 11.1 Å². The van der Waals surface area contributed by atoms with Crippen molar-refractivity contribution in [2.24, 2.45) is 0 Å². The molecule has 0 saturated heterocycles. The smallest absolute Gasteiger partial charge is 0.126 e. The fourth-order valence-electron chi connectivity index (χ4n) is 0.755. The lowest BCUT2D eigenvalue weighted by Crippen LogP contribution is -1.90. The molecule has 0 aliphatic carbocycles. The van der Waals surface area contributed by atoms with Gasteiger partial charge in [0.1, 0.15) is 11.6 Å². The van der Waals surface area contributed by atoms with Crippen molar-refractivity contribution in [3.63, 3.8) is 0 Å². The zero-order chi connectivity index (χ0) is 10.4. The van der Waals surface area contributed by atoms with E-state index < -0.39 is 0 Å². The molecular formula is C11H16F2. The Morgan fingerprint density at radius 3 is 1.38 bits per heavy atom. The number of hydrogen-bond acceptors (Lipinski definition) is 0. The summed E-state index contributed by atoms with van der Waals surface area (Å²) < 4.78 is 25.2. The first-order chi connectivity index (χ1) is 6.04. The molecule has 0 saturated carbocycles.